The van der Waals surface area contributed by atoms with Gasteiger partial charge in [0.15, 0.2) is 6.61 Å². The maximum atomic E-state index is 11.8. The molecule has 1 saturated heterocycles. The fourth-order valence-corrected chi connectivity index (χ4v) is 2.53. The van der Waals surface area contributed by atoms with Crippen LogP contribution in [0.1, 0.15) is 5.82 Å². The van der Waals surface area contributed by atoms with Crippen LogP contribution in [0.2, 0.25) is 0 Å². The zero-order chi connectivity index (χ0) is 18.9. The molecule has 9 heteroatoms. The highest BCUT2D eigenvalue weighted by molar-refractivity contribution is 5.77. The van der Waals surface area contributed by atoms with E-state index in [1.54, 1.807) is 24.5 Å². The molecule has 0 bridgehead atoms. The number of carbonyl (C=O) groups is 1. The van der Waals surface area contributed by atoms with Crippen molar-refractivity contribution in [1.29, 1.82) is 0 Å². The molecule has 0 aromatic carbocycles. The molecule has 1 aliphatic heterocycles. The summed E-state index contributed by atoms with van der Waals surface area (Å²) in [5, 5.41) is 2.74. The van der Waals surface area contributed by atoms with Gasteiger partial charge in [-0.15, -0.1) is 0 Å². The van der Waals surface area contributed by atoms with Crippen molar-refractivity contribution in [3.05, 3.63) is 36.4 Å². The molecule has 144 valence electrons. The van der Waals surface area contributed by atoms with Crippen LogP contribution in [0.3, 0.4) is 0 Å². The van der Waals surface area contributed by atoms with E-state index in [0.717, 1.165) is 18.9 Å². The van der Waals surface area contributed by atoms with Gasteiger partial charge in [-0.1, -0.05) is 0 Å². The average molecular weight is 373 g/mol. The number of pyridine rings is 1. The molecule has 0 radical (unpaired) electrons. The first-order valence-corrected chi connectivity index (χ1v) is 8.81. The smallest absolute Gasteiger partial charge is 0.258 e. The summed E-state index contributed by atoms with van der Waals surface area (Å²) in [6, 6.07) is 5.30. The Morgan fingerprint density at radius 3 is 2.93 bits per heavy atom. The van der Waals surface area contributed by atoms with Gasteiger partial charge >= 0.3 is 0 Å². The quantitative estimate of drug-likeness (QED) is 0.672. The van der Waals surface area contributed by atoms with Crippen LogP contribution in [0.4, 0.5) is 5.82 Å². The van der Waals surface area contributed by atoms with Gasteiger partial charge in [-0.25, -0.2) is 4.98 Å². The van der Waals surface area contributed by atoms with Gasteiger partial charge in [0.25, 0.3) is 5.91 Å². The number of amides is 1. The van der Waals surface area contributed by atoms with Crippen LogP contribution in [0.15, 0.2) is 30.6 Å². The number of anilines is 1. The first-order valence-electron chi connectivity index (χ1n) is 8.81. The Morgan fingerprint density at radius 2 is 2.15 bits per heavy atom. The van der Waals surface area contributed by atoms with Crippen molar-refractivity contribution >= 4 is 11.7 Å². The Labute approximate surface area is 157 Å². The number of rotatable bonds is 8. The summed E-state index contributed by atoms with van der Waals surface area (Å²) in [4.78, 5) is 26.6. The minimum Gasteiger partial charge on any atom is -0.482 e. The number of nitrogens with zero attached hydrogens (tertiary/aromatic N) is 4. The number of carbonyl (C=O) groups excluding carboxylic acids is 1. The van der Waals surface area contributed by atoms with Gasteiger partial charge in [-0.3, -0.25) is 9.78 Å². The fourth-order valence-electron chi connectivity index (χ4n) is 2.53. The highest BCUT2D eigenvalue weighted by Gasteiger charge is 2.14. The predicted molar refractivity (Wildman–Crippen MR) is 98.0 cm³/mol. The molecule has 0 spiro atoms. The van der Waals surface area contributed by atoms with Gasteiger partial charge in [0.1, 0.15) is 24.0 Å². The molecule has 0 aliphatic carbocycles. The fraction of sp³-hybridized carbons (Fsp3) is 0.444. The zero-order valence-corrected chi connectivity index (χ0v) is 15.3. The van der Waals surface area contributed by atoms with Crippen LogP contribution in [0.5, 0.6) is 11.6 Å². The molecule has 0 unspecified atom stereocenters. The van der Waals surface area contributed by atoms with Crippen molar-refractivity contribution in [1.82, 2.24) is 20.3 Å². The summed E-state index contributed by atoms with van der Waals surface area (Å²) in [6.07, 6.45) is 3.20. The molecular weight excluding hydrogens is 350 g/mol. The summed E-state index contributed by atoms with van der Waals surface area (Å²) in [5.74, 6) is 2.29. The van der Waals surface area contributed by atoms with Crippen LogP contribution in [0.25, 0.3) is 0 Å². The van der Waals surface area contributed by atoms with Crippen LogP contribution in [-0.2, 0) is 9.53 Å². The van der Waals surface area contributed by atoms with Crippen molar-refractivity contribution in [2.75, 3.05) is 51.0 Å². The summed E-state index contributed by atoms with van der Waals surface area (Å²) in [6.45, 7) is 5.38. The van der Waals surface area contributed by atoms with E-state index in [4.69, 9.17) is 14.2 Å². The van der Waals surface area contributed by atoms with E-state index in [1.165, 1.54) is 0 Å². The normalized spacial score (nSPS) is 13.9. The number of hydrogen-bond donors (Lipinski definition) is 1. The van der Waals surface area contributed by atoms with E-state index in [9.17, 15) is 4.79 Å². The van der Waals surface area contributed by atoms with E-state index in [2.05, 4.69) is 25.2 Å². The SMILES string of the molecule is Cc1nc(OCCNC(=O)COc2cccnc2)cc(N2CCOCC2)n1. The molecule has 1 fully saturated rings. The standard InChI is InChI=1S/C18H23N5O4/c1-14-21-16(23-6-9-25-10-7-23)11-18(22-14)26-8-5-20-17(24)13-27-15-3-2-4-19-12-15/h2-4,11-12H,5-10,13H2,1H3,(H,20,24). The van der Waals surface area contributed by atoms with Crippen LogP contribution < -0.4 is 19.7 Å². The Hall–Kier alpha value is -2.94. The molecule has 3 rings (SSSR count). The molecule has 2 aromatic heterocycles. The molecule has 27 heavy (non-hydrogen) atoms. The van der Waals surface area contributed by atoms with E-state index in [-0.39, 0.29) is 12.5 Å². The Morgan fingerprint density at radius 1 is 1.30 bits per heavy atom. The average Bonchev–Trinajstić information content (AvgIpc) is 2.71. The molecule has 0 atom stereocenters. The Kier molecular flexibility index (Phi) is 6.75. The van der Waals surface area contributed by atoms with Gasteiger partial charge in [0.2, 0.25) is 5.88 Å². The third kappa shape index (κ3) is 6.07. The maximum Gasteiger partial charge on any atom is 0.258 e. The number of morpholine rings is 1. The first kappa shape index (κ1) is 18.8. The minimum absolute atomic E-state index is 0.0700. The molecule has 1 N–H and O–H groups in total. The van der Waals surface area contributed by atoms with E-state index < -0.39 is 0 Å². The molecule has 1 amide bonds. The van der Waals surface area contributed by atoms with Gasteiger partial charge in [0, 0.05) is 25.4 Å². The van der Waals surface area contributed by atoms with E-state index in [1.807, 2.05) is 13.0 Å². The van der Waals surface area contributed by atoms with Crippen LogP contribution in [-0.4, -0.2) is 66.9 Å². The van der Waals surface area contributed by atoms with Crippen molar-refractivity contribution in [3.8, 4) is 11.6 Å². The summed E-state index contributed by atoms with van der Waals surface area (Å²) < 4.78 is 16.3. The van der Waals surface area contributed by atoms with Gasteiger partial charge in [-0.2, -0.15) is 4.98 Å². The zero-order valence-electron chi connectivity index (χ0n) is 15.3. The highest BCUT2D eigenvalue weighted by Crippen LogP contribution is 2.18. The van der Waals surface area contributed by atoms with Crippen LogP contribution >= 0.6 is 0 Å². The molecule has 9 nitrogen and oxygen atoms in total. The van der Waals surface area contributed by atoms with Crippen molar-refractivity contribution in [3.63, 3.8) is 0 Å². The van der Waals surface area contributed by atoms with Crippen molar-refractivity contribution in [2.24, 2.45) is 0 Å². The first-order chi connectivity index (χ1) is 13.2. The Bertz CT molecular complexity index is 738. The lowest BCUT2D eigenvalue weighted by Crippen LogP contribution is -2.37. The van der Waals surface area contributed by atoms with Gasteiger partial charge < -0.3 is 24.4 Å². The summed E-state index contributed by atoms with van der Waals surface area (Å²) in [5.41, 5.74) is 0. The Balaban J connectivity index is 1.40. The number of hydrogen-bond acceptors (Lipinski definition) is 8. The second-order valence-electron chi connectivity index (χ2n) is 5.89. The van der Waals surface area contributed by atoms with Crippen molar-refractivity contribution in [2.45, 2.75) is 6.92 Å². The lowest BCUT2D eigenvalue weighted by molar-refractivity contribution is -0.123. The minimum atomic E-state index is -0.227. The number of aromatic nitrogens is 3. The molecule has 2 aromatic rings. The lowest BCUT2D eigenvalue weighted by Gasteiger charge is -2.28. The van der Waals surface area contributed by atoms with E-state index >= 15 is 0 Å². The summed E-state index contributed by atoms with van der Waals surface area (Å²) >= 11 is 0. The number of aryl methyl sites for hydroxylation is 1. The van der Waals surface area contributed by atoms with Crippen LogP contribution in [0, 0.1) is 6.92 Å². The number of nitrogens with one attached hydrogen (secondary N) is 1. The second-order valence-corrected chi connectivity index (χ2v) is 5.89. The molecule has 1 aliphatic rings. The molecule has 3 heterocycles. The topological polar surface area (TPSA) is 98.7 Å². The highest BCUT2D eigenvalue weighted by atomic mass is 16.5. The predicted octanol–water partition coefficient (Wildman–Crippen LogP) is 0.591. The third-order valence-electron chi connectivity index (χ3n) is 3.81. The number of ether oxygens (including phenoxy) is 3. The molecular formula is C18H23N5O4. The summed E-state index contributed by atoms with van der Waals surface area (Å²) in [7, 11) is 0. The third-order valence-corrected chi connectivity index (χ3v) is 3.81. The van der Waals surface area contributed by atoms with Crippen molar-refractivity contribution < 1.29 is 19.0 Å². The largest absolute Gasteiger partial charge is 0.482 e. The van der Waals surface area contributed by atoms with Gasteiger partial charge in [-0.05, 0) is 19.1 Å². The lowest BCUT2D eigenvalue weighted by atomic mass is 10.4. The maximum absolute atomic E-state index is 11.8. The second kappa shape index (κ2) is 9.67. The van der Waals surface area contributed by atoms with Gasteiger partial charge in [0.05, 0.1) is 26.0 Å². The molecule has 0 saturated carbocycles. The van der Waals surface area contributed by atoms with E-state index in [0.29, 0.717) is 43.8 Å². The monoisotopic (exact) mass is 373 g/mol.